The van der Waals surface area contributed by atoms with Gasteiger partial charge in [0.1, 0.15) is 5.75 Å². The molecule has 1 rings (SSSR count). The van der Waals surface area contributed by atoms with Crippen LogP contribution < -0.4 is 15.8 Å². The van der Waals surface area contributed by atoms with Crippen molar-refractivity contribution in [3.8, 4) is 5.75 Å². The number of nitrogens with one attached hydrogen (secondary N) is 1. The first-order valence-electron chi connectivity index (χ1n) is 4.53. The predicted octanol–water partition coefficient (Wildman–Crippen LogP) is 0.410. The summed E-state index contributed by atoms with van der Waals surface area (Å²) in [6.45, 7) is -0.0316. The summed E-state index contributed by atoms with van der Waals surface area (Å²) in [5.41, 5.74) is 4.74. The van der Waals surface area contributed by atoms with Gasteiger partial charge in [-0.3, -0.25) is 10.1 Å². The number of ether oxygens (including phenoxy) is 1. The number of carboxylic acid groups (broad SMARTS) is 1. The number of carbonyl (C=O) groups excluding carboxylic acids is 2. The van der Waals surface area contributed by atoms with Gasteiger partial charge >= 0.3 is 12.0 Å². The Kier molecular flexibility index (Phi) is 4.46. The second-order valence-electron chi connectivity index (χ2n) is 2.93. The Morgan fingerprint density at radius 2 is 2.18 bits per heavy atom. The summed E-state index contributed by atoms with van der Waals surface area (Å²) in [7, 11) is 0. The molecule has 0 saturated heterocycles. The Balaban J connectivity index is 2.41. The zero-order chi connectivity index (χ0) is 12.8. The van der Waals surface area contributed by atoms with E-state index in [9.17, 15) is 14.4 Å². The number of nitrogens with two attached hydrogens (primary N) is 1. The van der Waals surface area contributed by atoms with Crippen LogP contribution in [0.5, 0.6) is 5.75 Å². The average molecular weight is 258 g/mol. The molecule has 0 unspecified atom stereocenters. The fraction of sp³-hybridized carbons (Fsp3) is 0.222. The fourth-order valence-corrected chi connectivity index (χ4v) is 1.69. The zero-order valence-electron chi connectivity index (χ0n) is 8.63. The van der Waals surface area contributed by atoms with E-state index in [1.807, 2.05) is 5.32 Å². The Hall–Kier alpha value is -2.09. The highest BCUT2D eigenvalue weighted by Crippen LogP contribution is 2.24. The van der Waals surface area contributed by atoms with Crippen LogP contribution in [0.3, 0.4) is 0 Å². The maximum absolute atomic E-state index is 11.0. The normalized spacial score (nSPS) is 9.65. The molecule has 1 heterocycles. The van der Waals surface area contributed by atoms with Crippen molar-refractivity contribution in [3.05, 3.63) is 16.3 Å². The van der Waals surface area contributed by atoms with E-state index in [4.69, 9.17) is 15.6 Å². The SMILES string of the molecule is NC(=O)NC(=O)CCOc1ccsc1C(=O)O. The topological polar surface area (TPSA) is 119 Å². The first kappa shape index (κ1) is 13.0. The molecule has 0 aliphatic rings. The van der Waals surface area contributed by atoms with Crippen molar-refractivity contribution in [2.75, 3.05) is 6.61 Å². The molecule has 3 amide bonds. The third-order valence-corrected chi connectivity index (χ3v) is 2.56. The molecule has 17 heavy (non-hydrogen) atoms. The van der Waals surface area contributed by atoms with Gasteiger partial charge in [0, 0.05) is 0 Å². The van der Waals surface area contributed by atoms with Crippen LogP contribution in [-0.4, -0.2) is 29.6 Å². The summed E-state index contributed by atoms with van der Waals surface area (Å²) >= 11 is 1.03. The summed E-state index contributed by atoms with van der Waals surface area (Å²) in [6.07, 6.45) is -0.0855. The Bertz CT molecular complexity index is 442. The van der Waals surface area contributed by atoms with Crippen molar-refractivity contribution >= 4 is 29.2 Å². The van der Waals surface area contributed by atoms with Crippen LogP contribution in [-0.2, 0) is 4.79 Å². The van der Waals surface area contributed by atoms with Crippen LogP contribution >= 0.6 is 11.3 Å². The Labute approximate surface area is 100 Å². The number of aromatic carboxylic acids is 1. The lowest BCUT2D eigenvalue weighted by atomic mass is 10.4. The van der Waals surface area contributed by atoms with E-state index in [1.165, 1.54) is 6.07 Å². The minimum atomic E-state index is -1.09. The summed E-state index contributed by atoms with van der Waals surface area (Å²) < 4.78 is 5.11. The molecule has 0 fully saturated rings. The standard InChI is InChI=1S/C9H10N2O5S/c10-9(15)11-6(12)1-3-16-5-2-4-17-7(5)8(13)14/h2,4H,1,3H2,(H,13,14)(H3,10,11,12,15). The zero-order valence-corrected chi connectivity index (χ0v) is 9.45. The summed E-state index contributed by atoms with van der Waals surface area (Å²) in [6, 6.07) is 0.567. The first-order chi connectivity index (χ1) is 8.00. The largest absolute Gasteiger partial charge is 0.491 e. The number of amides is 3. The number of rotatable bonds is 5. The molecule has 0 radical (unpaired) electrons. The van der Waals surface area contributed by atoms with Crippen LogP contribution in [0.15, 0.2) is 11.4 Å². The van der Waals surface area contributed by atoms with Gasteiger partial charge in [-0.1, -0.05) is 0 Å². The Morgan fingerprint density at radius 3 is 2.76 bits per heavy atom. The molecule has 1 aromatic rings. The minimum absolute atomic E-state index is 0.0316. The molecule has 1 aromatic heterocycles. The molecule has 4 N–H and O–H groups in total. The van der Waals surface area contributed by atoms with Gasteiger partial charge in [0.05, 0.1) is 13.0 Å². The van der Waals surface area contributed by atoms with Gasteiger partial charge in [0.15, 0.2) is 4.88 Å². The number of hydrogen-bond donors (Lipinski definition) is 3. The summed E-state index contributed by atoms with van der Waals surface area (Å²) in [4.78, 5) is 32.1. The van der Waals surface area contributed by atoms with Gasteiger partial charge in [-0.25, -0.2) is 9.59 Å². The van der Waals surface area contributed by atoms with Crippen LogP contribution in [0, 0.1) is 0 Å². The van der Waals surface area contributed by atoms with Crippen LogP contribution in [0.1, 0.15) is 16.1 Å². The number of primary amides is 1. The highest BCUT2D eigenvalue weighted by molar-refractivity contribution is 7.12. The molecule has 0 spiro atoms. The predicted molar refractivity (Wildman–Crippen MR) is 59.1 cm³/mol. The van der Waals surface area contributed by atoms with Crippen LogP contribution in [0.25, 0.3) is 0 Å². The number of thiophene rings is 1. The molecule has 0 atom stereocenters. The molecule has 7 nitrogen and oxygen atoms in total. The smallest absolute Gasteiger partial charge is 0.349 e. The number of imide groups is 1. The minimum Gasteiger partial charge on any atom is -0.491 e. The van der Waals surface area contributed by atoms with Crippen molar-refractivity contribution < 1.29 is 24.2 Å². The molecule has 0 bridgehead atoms. The maximum Gasteiger partial charge on any atom is 0.349 e. The van der Waals surface area contributed by atoms with E-state index >= 15 is 0 Å². The van der Waals surface area contributed by atoms with E-state index in [1.54, 1.807) is 5.38 Å². The van der Waals surface area contributed by atoms with Gasteiger partial charge in [-0.05, 0) is 11.4 Å². The first-order valence-corrected chi connectivity index (χ1v) is 5.41. The number of hydrogen-bond acceptors (Lipinski definition) is 5. The Morgan fingerprint density at radius 1 is 1.47 bits per heavy atom. The number of carboxylic acids is 1. The maximum atomic E-state index is 11.0. The lowest BCUT2D eigenvalue weighted by Crippen LogP contribution is -2.35. The third kappa shape index (κ3) is 4.11. The quantitative estimate of drug-likeness (QED) is 0.706. The molecule has 0 aliphatic carbocycles. The van der Waals surface area contributed by atoms with Gasteiger partial charge in [-0.2, -0.15) is 0 Å². The van der Waals surface area contributed by atoms with Crippen molar-refractivity contribution in [1.29, 1.82) is 0 Å². The highest BCUT2D eigenvalue weighted by atomic mass is 32.1. The van der Waals surface area contributed by atoms with Gasteiger partial charge in [0.25, 0.3) is 0 Å². The van der Waals surface area contributed by atoms with E-state index in [0.29, 0.717) is 0 Å². The van der Waals surface area contributed by atoms with E-state index in [2.05, 4.69) is 0 Å². The highest BCUT2D eigenvalue weighted by Gasteiger charge is 2.13. The van der Waals surface area contributed by atoms with Gasteiger partial charge < -0.3 is 15.6 Å². The van der Waals surface area contributed by atoms with Crippen molar-refractivity contribution in [2.24, 2.45) is 5.73 Å². The average Bonchev–Trinajstić information content (AvgIpc) is 2.64. The van der Waals surface area contributed by atoms with E-state index in [0.717, 1.165) is 11.3 Å². The monoisotopic (exact) mass is 258 g/mol. The lowest BCUT2D eigenvalue weighted by Gasteiger charge is -2.04. The molecule has 0 aliphatic heterocycles. The summed E-state index contributed by atoms with van der Waals surface area (Å²) in [5.74, 6) is -1.46. The molecule has 92 valence electrons. The van der Waals surface area contributed by atoms with Crippen molar-refractivity contribution in [3.63, 3.8) is 0 Å². The molecule has 8 heteroatoms. The van der Waals surface area contributed by atoms with E-state index in [-0.39, 0.29) is 23.7 Å². The molecule has 0 aromatic carbocycles. The lowest BCUT2D eigenvalue weighted by molar-refractivity contribution is -0.120. The van der Waals surface area contributed by atoms with Gasteiger partial charge in [0.2, 0.25) is 5.91 Å². The fourth-order valence-electron chi connectivity index (χ4n) is 1.02. The molecular formula is C9H10N2O5S. The van der Waals surface area contributed by atoms with Gasteiger partial charge in [-0.15, -0.1) is 11.3 Å². The molecular weight excluding hydrogens is 248 g/mol. The summed E-state index contributed by atoms with van der Waals surface area (Å²) in [5, 5.41) is 12.2. The number of carbonyl (C=O) groups is 3. The third-order valence-electron chi connectivity index (χ3n) is 1.67. The van der Waals surface area contributed by atoms with Crippen molar-refractivity contribution in [1.82, 2.24) is 5.32 Å². The second kappa shape index (κ2) is 5.85. The van der Waals surface area contributed by atoms with Crippen LogP contribution in [0.2, 0.25) is 0 Å². The van der Waals surface area contributed by atoms with Crippen molar-refractivity contribution in [2.45, 2.75) is 6.42 Å². The van der Waals surface area contributed by atoms with Crippen LogP contribution in [0.4, 0.5) is 4.79 Å². The second-order valence-corrected chi connectivity index (χ2v) is 3.85. The molecule has 0 saturated carbocycles. The van der Waals surface area contributed by atoms with E-state index < -0.39 is 17.9 Å². The number of urea groups is 1.